The second-order valence-electron chi connectivity index (χ2n) is 12.6. The molecule has 4 aromatic rings. The SMILES string of the molecule is C=Cc1cnc(Nc2cc(CC)c(N3CCC(N4CCN(C)CC4)CC3)nc2OC)nc1Nc1ccc2nccnc2c1P(C)(C)=O. The van der Waals surface area contributed by atoms with E-state index in [4.69, 9.17) is 14.7 Å². The van der Waals surface area contributed by atoms with E-state index in [1.54, 1.807) is 45.1 Å². The van der Waals surface area contributed by atoms with Crippen LogP contribution < -0.4 is 25.6 Å². The van der Waals surface area contributed by atoms with Crippen LogP contribution in [0.4, 0.5) is 29.0 Å². The van der Waals surface area contributed by atoms with Gasteiger partial charge in [-0.25, -0.2) is 4.98 Å². The number of likely N-dealkylation sites (N-methyl/N-ethyl adjacent to an activating group) is 1. The molecule has 2 aliphatic rings. The molecule has 0 saturated carbocycles. The largest absolute Gasteiger partial charge is 0.479 e. The van der Waals surface area contributed by atoms with E-state index in [0.29, 0.717) is 57.0 Å². The number of nitrogens with one attached hydrogen (secondary N) is 2. The van der Waals surface area contributed by atoms with Gasteiger partial charge in [0.2, 0.25) is 11.8 Å². The van der Waals surface area contributed by atoms with Gasteiger partial charge in [-0.1, -0.05) is 19.6 Å². The number of hydrogen-bond acceptors (Lipinski definition) is 12. The zero-order chi connectivity index (χ0) is 33.1. The van der Waals surface area contributed by atoms with Gasteiger partial charge in [0.15, 0.2) is 0 Å². The molecule has 0 amide bonds. The van der Waals surface area contributed by atoms with Crippen LogP contribution in [-0.4, -0.2) is 108 Å². The Morgan fingerprint density at radius 1 is 1.00 bits per heavy atom. The Bertz CT molecular complexity index is 1800. The molecule has 1 aromatic carbocycles. The van der Waals surface area contributed by atoms with Gasteiger partial charge < -0.3 is 29.7 Å². The van der Waals surface area contributed by atoms with Crippen LogP contribution in [0.3, 0.4) is 0 Å². The van der Waals surface area contributed by atoms with Crippen molar-refractivity contribution in [3.05, 3.63) is 54.5 Å². The lowest BCUT2D eigenvalue weighted by Gasteiger charge is -2.42. The molecule has 3 aromatic heterocycles. The van der Waals surface area contributed by atoms with E-state index in [-0.39, 0.29) is 0 Å². The van der Waals surface area contributed by atoms with Crippen molar-refractivity contribution in [3.8, 4) is 5.88 Å². The molecule has 5 heterocycles. The highest BCUT2D eigenvalue weighted by atomic mass is 31.2. The van der Waals surface area contributed by atoms with Crippen molar-refractivity contribution in [3.63, 3.8) is 0 Å². The van der Waals surface area contributed by atoms with Crippen molar-refractivity contribution in [1.29, 1.82) is 0 Å². The smallest absolute Gasteiger partial charge is 0.239 e. The normalized spacial score (nSPS) is 16.7. The van der Waals surface area contributed by atoms with Crippen molar-refractivity contribution >= 4 is 58.5 Å². The maximum absolute atomic E-state index is 13.5. The highest BCUT2D eigenvalue weighted by Gasteiger charge is 2.29. The minimum atomic E-state index is -2.76. The first-order valence-electron chi connectivity index (χ1n) is 16.3. The molecule has 0 aliphatic carbocycles. The quantitative estimate of drug-likeness (QED) is 0.224. The van der Waals surface area contributed by atoms with E-state index in [0.717, 1.165) is 69.9 Å². The molecule has 0 atom stereocenters. The molecule has 6 rings (SSSR count). The maximum Gasteiger partial charge on any atom is 0.239 e. The van der Waals surface area contributed by atoms with Gasteiger partial charge in [-0.05, 0) is 63.4 Å². The Morgan fingerprint density at radius 3 is 2.43 bits per heavy atom. The number of nitrogens with zero attached hydrogens (tertiary/aromatic N) is 8. The predicted octanol–water partition coefficient (Wildman–Crippen LogP) is 4.98. The summed E-state index contributed by atoms with van der Waals surface area (Å²) in [6.45, 7) is 16.1. The van der Waals surface area contributed by atoms with Gasteiger partial charge >= 0.3 is 0 Å². The van der Waals surface area contributed by atoms with Crippen molar-refractivity contribution in [2.24, 2.45) is 0 Å². The number of benzene rings is 1. The second-order valence-corrected chi connectivity index (χ2v) is 15.8. The van der Waals surface area contributed by atoms with Gasteiger partial charge in [0, 0.05) is 69.5 Å². The second kappa shape index (κ2) is 13.9. The summed E-state index contributed by atoms with van der Waals surface area (Å²) in [7, 11) is 1.08. The molecular weight excluding hydrogens is 611 g/mol. The Labute approximate surface area is 277 Å². The summed E-state index contributed by atoms with van der Waals surface area (Å²) < 4.78 is 19.3. The average Bonchev–Trinajstić information content (AvgIpc) is 3.08. The van der Waals surface area contributed by atoms with Crippen LogP contribution >= 0.6 is 7.14 Å². The number of aromatic nitrogens is 5. The van der Waals surface area contributed by atoms with E-state index in [2.05, 4.69) is 66.9 Å². The summed E-state index contributed by atoms with van der Waals surface area (Å²) in [4.78, 5) is 30.8. The molecular formula is C34H45N10O2P. The number of piperazine rings is 1. The molecule has 47 heavy (non-hydrogen) atoms. The molecule has 0 unspecified atom stereocenters. The van der Waals surface area contributed by atoms with Gasteiger partial charge in [-0.15, -0.1) is 0 Å². The molecule has 2 saturated heterocycles. The summed E-state index contributed by atoms with van der Waals surface area (Å²) in [5.41, 5.74) is 4.44. The monoisotopic (exact) mass is 656 g/mol. The first-order chi connectivity index (χ1) is 22.7. The molecule has 2 N–H and O–H groups in total. The standard InChI is InChI=1S/C34H45N10O2P/c1-7-23-21-28(33(46-4)41-32(23)44-15-11-25(12-16-44)43-19-17-42(3)18-20-43)39-34-37-22-24(8-2)31(40-34)38-27-10-9-26-29(36-14-13-35-26)30(27)47(5,6)45/h8-10,13-14,21-22,25H,2,7,11-12,15-20H2,1,3-6H3,(H2,37,38,39,40). The van der Waals surface area contributed by atoms with Crippen molar-refractivity contribution in [2.75, 3.05) is 82.3 Å². The molecule has 0 radical (unpaired) electrons. The Kier molecular flexibility index (Phi) is 9.72. The first-order valence-corrected chi connectivity index (χ1v) is 18.9. The summed E-state index contributed by atoms with van der Waals surface area (Å²) in [5.74, 6) is 2.34. The number of aryl methyl sites for hydroxylation is 1. The summed E-state index contributed by atoms with van der Waals surface area (Å²) in [6, 6.07) is 6.44. The number of ether oxygens (including phenoxy) is 1. The van der Waals surface area contributed by atoms with Crippen LogP contribution in [0.2, 0.25) is 0 Å². The average molecular weight is 657 g/mol. The summed E-state index contributed by atoms with van der Waals surface area (Å²) in [6.07, 6.45) is 9.71. The topological polar surface area (TPSA) is 125 Å². The van der Waals surface area contributed by atoms with Crippen LogP contribution in [0.5, 0.6) is 5.88 Å². The van der Waals surface area contributed by atoms with Gasteiger partial charge in [0.05, 0.1) is 23.6 Å². The van der Waals surface area contributed by atoms with Crippen LogP contribution in [0.15, 0.2) is 43.4 Å². The number of methoxy groups -OCH3 is 1. The lowest BCUT2D eigenvalue weighted by Crippen LogP contribution is -2.52. The van der Waals surface area contributed by atoms with Crippen molar-refractivity contribution < 1.29 is 9.30 Å². The zero-order valence-corrected chi connectivity index (χ0v) is 28.9. The lowest BCUT2D eigenvalue weighted by atomic mass is 10.0. The van der Waals surface area contributed by atoms with Crippen LogP contribution in [0, 0.1) is 0 Å². The first kappa shape index (κ1) is 32.8. The third-order valence-electron chi connectivity index (χ3n) is 9.13. The minimum absolute atomic E-state index is 0.360. The maximum atomic E-state index is 13.5. The van der Waals surface area contributed by atoms with E-state index in [9.17, 15) is 4.57 Å². The van der Waals surface area contributed by atoms with Crippen LogP contribution in [0.1, 0.15) is 30.9 Å². The van der Waals surface area contributed by atoms with E-state index in [1.807, 2.05) is 12.1 Å². The number of hydrogen-bond donors (Lipinski definition) is 2. The molecule has 0 spiro atoms. The van der Waals surface area contributed by atoms with E-state index in [1.165, 1.54) is 0 Å². The highest BCUT2D eigenvalue weighted by molar-refractivity contribution is 7.71. The molecule has 2 aliphatic heterocycles. The molecule has 13 heteroatoms. The fourth-order valence-electron chi connectivity index (χ4n) is 6.55. The Balaban J connectivity index is 1.25. The van der Waals surface area contributed by atoms with Gasteiger partial charge in [-0.2, -0.15) is 9.97 Å². The van der Waals surface area contributed by atoms with Crippen molar-refractivity contribution in [2.45, 2.75) is 32.2 Å². The fraction of sp³-hybridized carbons (Fsp3) is 0.441. The van der Waals surface area contributed by atoms with Gasteiger partial charge in [0.25, 0.3) is 0 Å². The van der Waals surface area contributed by atoms with E-state index < -0.39 is 7.14 Å². The van der Waals surface area contributed by atoms with Crippen molar-refractivity contribution in [1.82, 2.24) is 34.7 Å². The molecule has 12 nitrogen and oxygen atoms in total. The third-order valence-corrected chi connectivity index (χ3v) is 10.7. The molecule has 2 fully saturated rings. The van der Waals surface area contributed by atoms with Gasteiger partial charge in [-0.3, -0.25) is 14.9 Å². The van der Waals surface area contributed by atoms with Gasteiger partial charge in [0.1, 0.15) is 30.0 Å². The number of pyridine rings is 1. The number of fused-ring (bicyclic) bond motifs is 1. The Morgan fingerprint density at radius 2 is 1.74 bits per heavy atom. The number of anilines is 5. The number of piperidine rings is 1. The Hall–Kier alpha value is -4.12. The third kappa shape index (κ3) is 7.10. The lowest BCUT2D eigenvalue weighted by molar-refractivity contribution is 0.0981. The summed E-state index contributed by atoms with van der Waals surface area (Å²) >= 11 is 0. The zero-order valence-electron chi connectivity index (χ0n) is 28.0. The highest BCUT2D eigenvalue weighted by Crippen LogP contribution is 2.41. The van der Waals surface area contributed by atoms with E-state index >= 15 is 0 Å². The minimum Gasteiger partial charge on any atom is -0.479 e. The molecule has 0 bridgehead atoms. The number of rotatable bonds is 10. The molecule has 248 valence electrons. The summed E-state index contributed by atoms with van der Waals surface area (Å²) in [5, 5.41) is 7.35. The predicted molar refractivity (Wildman–Crippen MR) is 192 cm³/mol. The van der Waals surface area contributed by atoms with Crippen LogP contribution in [0.25, 0.3) is 17.1 Å². The fourth-order valence-corrected chi connectivity index (χ4v) is 7.95. The van der Waals surface area contributed by atoms with Crippen LogP contribution in [-0.2, 0) is 11.0 Å².